The second kappa shape index (κ2) is 9.92. The number of ether oxygens (including phenoxy) is 2. The summed E-state index contributed by atoms with van der Waals surface area (Å²) in [5, 5.41) is 13.4. The first-order chi connectivity index (χ1) is 14.7. The minimum atomic E-state index is -0.975. The molecule has 3 rings (SSSR count). The van der Waals surface area contributed by atoms with E-state index in [9.17, 15) is 9.90 Å². The maximum atomic E-state index is 12.9. The van der Waals surface area contributed by atoms with Crippen LogP contribution in [0.25, 0.3) is 10.4 Å². The van der Waals surface area contributed by atoms with Gasteiger partial charge in [0, 0.05) is 27.5 Å². The van der Waals surface area contributed by atoms with Crippen LogP contribution in [0.4, 0.5) is 5.69 Å². The molecule has 1 aromatic heterocycles. The van der Waals surface area contributed by atoms with Crippen molar-refractivity contribution in [1.29, 1.82) is 0 Å². The van der Waals surface area contributed by atoms with E-state index < -0.39 is 5.60 Å². The molecule has 0 radical (unpaired) electrons. The number of nitrogens with one attached hydrogen (secondary N) is 1. The molecule has 1 heterocycles. The van der Waals surface area contributed by atoms with Crippen LogP contribution in [0.3, 0.4) is 0 Å². The van der Waals surface area contributed by atoms with Crippen LogP contribution in [0.5, 0.6) is 11.5 Å². The number of benzene rings is 2. The van der Waals surface area contributed by atoms with Crippen molar-refractivity contribution in [2.75, 3.05) is 19.0 Å². The van der Waals surface area contributed by atoms with Crippen LogP contribution in [0, 0.1) is 0 Å². The summed E-state index contributed by atoms with van der Waals surface area (Å²) in [7, 11) is 1.52. The Kier molecular flexibility index (Phi) is 7.49. The van der Waals surface area contributed by atoms with Crippen molar-refractivity contribution in [3.8, 4) is 21.9 Å². The minimum absolute atomic E-state index is 0.108. The average molecular weight is 480 g/mol. The Morgan fingerprint density at radius 1 is 1.13 bits per heavy atom. The number of hydrogen-bond acceptors (Lipinski definition) is 5. The van der Waals surface area contributed by atoms with Crippen molar-refractivity contribution in [3.05, 3.63) is 64.0 Å². The lowest BCUT2D eigenvalue weighted by molar-refractivity contribution is 0.0276. The summed E-state index contributed by atoms with van der Waals surface area (Å²) in [5.74, 6) is 0.894. The largest absolute Gasteiger partial charge is 0.493 e. The molecule has 8 heteroatoms. The normalized spacial score (nSPS) is 11.3. The predicted octanol–water partition coefficient (Wildman–Crippen LogP) is 6.22. The van der Waals surface area contributed by atoms with E-state index in [0.717, 1.165) is 16.0 Å². The van der Waals surface area contributed by atoms with E-state index in [1.807, 2.05) is 30.3 Å². The van der Waals surface area contributed by atoms with Crippen LogP contribution >= 0.6 is 34.5 Å². The van der Waals surface area contributed by atoms with Crippen molar-refractivity contribution < 1.29 is 19.4 Å². The number of thiophene rings is 1. The second-order valence-corrected chi connectivity index (χ2v) is 9.28. The van der Waals surface area contributed by atoms with Crippen LogP contribution in [-0.2, 0) is 5.88 Å². The molecule has 0 unspecified atom stereocenters. The van der Waals surface area contributed by atoms with Crippen molar-refractivity contribution >= 4 is 46.1 Å². The summed E-state index contributed by atoms with van der Waals surface area (Å²) in [6.07, 6.45) is 0. The van der Waals surface area contributed by atoms with Gasteiger partial charge in [0.2, 0.25) is 0 Å². The van der Waals surface area contributed by atoms with Crippen molar-refractivity contribution in [1.82, 2.24) is 0 Å². The van der Waals surface area contributed by atoms with Gasteiger partial charge in [0.25, 0.3) is 5.91 Å². The first-order valence-corrected chi connectivity index (χ1v) is 11.2. The number of methoxy groups -OCH3 is 1. The van der Waals surface area contributed by atoms with Gasteiger partial charge in [-0.05, 0) is 55.3 Å². The number of carbonyl (C=O) groups excluding carboxylic acids is 1. The molecule has 0 saturated carbocycles. The van der Waals surface area contributed by atoms with E-state index >= 15 is 0 Å². The van der Waals surface area contributed by atoms with E-state index in [0.29, 0.717) is 27.1 Å². The standard InChI is InChI=1S/C23H23Cl2NO4S/c1-23(2,28)13-30-18-9-8-17(11-19(18)29-3)26-22(27)21-15(12-24)10-20(31-21)14-4-6-16(25)7-5-14/h4-11,28H,12-13H2,1-3H3,(H,26,27). The molecule has 2 aromatic carbocycles. The molecule has 5 nitrogen and oxygen atoms in total. The number of aliphatic hydroxyl groups is 1. The Morgan fingerprint density at radius 3 is 2.45 bits per heavy atom. The maximum Gasteiger partial charge on any atom is 0.266 e. The fourth-order valence-electron chi connectivity index (χ4n) is 2.78. The maximum absolute atomic E-state index is 12.9. The van der Waals surface area contributed by atoms with Crippen LogP contribution in [0.15, 0.2) is 48.5 Å². The fraction of sp³-hybridized carbons (Fsp3) is 0.261. The fourth-order valence-corrected chi connectivity index (χ4v) is 4.28. The van der Waals surface area contributed by atoms with E-state index in [1.54, 1.807) is 32.0 Å². The Labute approximate surface area is 195 Å². The molecule has 0 fully saturated rings. The predicted molar refractivity (Wildman–Crippen MR) is 127 cm³/mol. The molecule has 0 atom stereocenters. The van der Waals surface area contributed by atoms with Gasteiger partial charge in [-0.1, -0.05) is 23.7 Å². The van der Waals surface area contributed by atoms with Gasteiger partial charge in [-0.15, -0.1) is 22.9 Å². The third-order valence-electron chi connectivity index (χ3n) is 4.29. The highest BCUT2D eigenvalue weighted by Gasteiger charge is 2.19. The SMILES string of the molecule is COc1cc(NC(=O)c2sc(-c3ccc(Cl)cc3)cc2CCl)ccc1OCC(C)(C)O. The number of carbonyl (C=O) groups is 1. The summed E-state index contributed by atoms with van der Waals surface area (Å²) >= 11 is 13.4. The van der Waals surface area contributed by atoms with E-state index in [-0.39, 0.29) is 18.4 Å². The topological polar surface area (TPSA) is 67.8 Å². The number of rotatable bonds is 8. The van der Waals surface area contributed by atoms with Gasteiger partial charge in [0.05, 0.1) is 17.6 Å². The molecular weight excluding hydrogens is 457 g/mol. The second-order valence-electron chi connectivity index (χ2n) is 7.53. The molecule has 0 aliphatic heterocycles. The molecule has 0 saturated heterocycles. The highest BCUT2D eigenvalue weighted by Crippen LogP contribution is 2.35. The van der Waals surface area contributed by atoms with Crippen molar-refractivity contribution in [2.24, 2.45) is 0 Å². The minimum Gasteiger partial charge on any atom is -0.493 e. The molecule has 0 aliphatic carbocycles. The van der Waals surface area contributed by atoms with Gasteiger partial charge in [-0.2, -0.15) is 0 Å². The molecule has 0 aliphatic rings. The Balaban J connectivity index is 1.80. The Bertz CT molecular complexity index is 1060. The zero-order valence-electron chi connectivity index (χ0n) is 17.4. The summed E-state index contributed by atoms with van der Waals surface area (Å²) < 4.78 is 11.0. The summed E-state index contributed by atoms with van der Waals surface area (Å²) in [5.41, 5.74) is 1.30. The zero-order chi connectivity index (χ0) is 22.6. The number of halogens is 2. The molecular formula is C23H23Cl2NO4S. The third-order valence-corrected chi connectivity index (χ3v) is 6.06. The Hall–Kier alpha value is -2.25. The lowest BCUT2D eigenvalue weighted by Gasteiger charge is -2.19. The average Bonchev–Trinajstić information content (AvgIpc) is 3.17. The first-order valence-electron chi connectivity index (χ1n) is 9.49. The molecule has 3 aromatic rings. The van der Waals surface area contributed by atoms with Crippen molar-refractivity contribution in [2.45, 2.75) is 25.3 Å². The Morgan fingerprint density at radius 2 is 1.84 bits per heavy atom. The van der Waals surface area contributed by atoms with Gasteiger partial charge in [-0.3, -0.25) is 4.79 Å². The summed E-state index contributed by atoms with van der Waals surface area (Å²) in [6.45, 7) is 3.42. The lowest BCUT2D eigenvalue weighted by Crippen LogP contribution is -2.28. The van der Waals surface area contributed by atoms with Crippen LogP contribution in [0.1, 0.15) is 29.1 Å². The number of anilines is 1. The van der Waals surface area contributed by atoms with E-state index in [1.165, 1.54) is 18.4 Å². The van der Waals surface area contributed by atoms with Crippen molar-refractivity contribution in [3.63, 3.8) is 0 Å². The van der Waals surface area contributed by atoms with Gasteiger partial charge >= 0.3 is 0 Å². The monoisotopic (exact) mass is 479 g/mol. The third kappa shape index (κ3) is 6.14. The zero-order valence-corrected chi connectivity index (χ0v) is 19.7. The van der Waals surface area contributed by atoms with Gasteiger partial charge in [0.1, 0.15) is 6.61 Å². The van der Waals surface area contributed by atoms with E-state index in [4.69, 9.17) is 32.7 Å². The highest BCUT2D eigenvalue weighted by atomic mass is 35.5. The lowest BCUT2D eigenvalue weighted by atomic mass is 10.1. The molecule has 2 N–H and O–H groups in total. The number of hydrogen-bond donors (Lipinski definition) is 2. The molecule has 164 valence electrons. The first kappa shape index (κ1) is 23.4. The van der Waals surface area contributed by atoms with Gasteiger partial charge in [-0.25, -0.2) is 0 Å². The molecule has 1 amide bonds. The number of alkyl halides is 1. The van der Waals surface area contributed by atoms with E-state index in [2.05, 4.69) is 5.32 Å². The summed E-state index contributed by atoms with van der Waals surface area (Å²) in [4.78, 5) is 14.4. The van der Waals surface area contributed by atoms with Crippen LogP contribution in [-0.4, -0.2) is 30.3 Å². The quantitative estimate of drug-likeness (QED) is 0.376. The molecule has 0 spiro atoms. The molecule has 31 heavy (non-hydrogen) atoms. The summed E-state index contributed by atoms with van der Waals surface area (Å²) in [6, 6.07) is 14.4. The van der Waals surface area contributed by atoms with Crippen LogP contribution in [0.2, 0.25) is 5.02 Å². The molecule has 0 bridgehead atoms. The smallest absolute Gasteiger partial charge is 0.266 e. The van der Waals surface area contributed by atoms with Gasteiger partial charge < -0.3 is 19.9 Å². The van der Waals surface area contributed by atoms with Gasteiger partial charge in [0.15, 0.2) is 11.5 Å². The van der Waals surface area contributed by atoms with Crippen LogP contribution < -0.4 is 14.8 Å². The highest BCUT2D eigenvalue weighted by molar-refractivity contribution is 7.17. The number of amides is 1.